The highest BCUT2D eigenvalue weighted by molar-refractivity contribution is 7.14. The standard InChI is InChI=1S/C18H16N2O2S/c21-17(9-12-5-1-2-6-12)20-18-19-14(11-23-18)16-10-13-7-3-4-8-15(13)22-16/h1,3-5,7-8,10-12H,2,6,9H2,(H,19,20,21). The minimum atomic E-state index is 0.0204. The average molecular weight is 324 g/mol. The summed E-state index contributed by atoms with van der Waals surface area (Å²) in [6, 6.07) is 9.83. The normalized spacial score (nSPS) is 17.0. The molecule has 5 heteroatoms. The summed E-state index contributed by atoms with van der Waals surface area (Å²) in [5.41, 5.74) is 1.59. The van der Waals surface area contributed by atoms with Gasteiger partial charge in [-0.25, -0.2) is 4.98 Å². The number of furan rings is 1. The van der Waals surface area contributed by atoms with Gasteiger partial charge in [-0.1, -0.05) is 30.4 Å². The van der Waals surface area contributed by atoms with E-state index in [2.05, 4.69) is 22.5 Å². The number of rotatable bonds is 4. The Balaban J connectivity index is 1.47. The lowest BCUT2D eigenvalue weighted by atomic mass is 10.1. The monoisotopic (exact) mass is 324 g/mol. The van der Waals surface area contributed by atoms with Crippen LogP contribution in [-0.4, -0.2) is 10.9 Å². The number of carbonyl (C=O) groups excluding carboxylic acids is 1. The van der Waals surface area contributed by atoms with Crippen molar-refractivity contribution < 1.29 is 9.21 Å². The van der Waals surface area contributed by atoms with Crippen molar-refractivity contribution in [1.82, 2.24) is 4.98 Å². The number of allylic oxidation sites excluding steroid dienone is 2. The number of hydrogen-bond acceptors (Lipinski definition) is 4. The second kappa shape index (κ2) is 6.01. The summed E-state index contributed by atoms with van der Waals surface area (Å²) in [5, 5.41) is 6.46. The number of fused-ring (bicyclic) bond motifs is 1. The second-order valence-corrected chi connectivity index (χ2v) is 6.56. The molecule has 0 radical (unpaired) electrons. The highest BCUT2D eigenvalue weighted by Crippen LogP contribution is 2.30. The van der Waals surface area contributed by atoms with E-state index >= 15 is 0 Å². The SMILES string of the molecule is O=C(CC1C=CCC1)Nc1nc(-c2cc3ccccc3o2)cs1. The number of aromatic nitrogens is 1. The van der Waals surface area contributed by atoms with Gasteiger partial charge in [0.25, 0.3) is 0 Å². The molecule has 1 atom stereocenters. The topological polar surface area (TPSA) is 55.1 Å². The first-order chi connectivity index (χ1) is 11.3. The van der Waals surface area contributed by atoms with Crippen molar-refractivity contribution in [2.75, 3.05) is 5.32 Å². The van der Waals surface area contributed by atoms with Crippen molar-refractivity contribution in [2.24, 2.45) is 5.92 Å². The Labute approximate surface area is 137 Å². The molecule has 1 aliphatic carbocycles. The number of anilines is 1. The van der Waals surface area contributed by atoms with Crippen LogP contribution in [0.15, 0.2) is 52.3 Å². The van der Waals surface area contributed by atoms with E-state index in [-0.39, 0.29) is 5.91 Å². The Kier molecular flexibility index (Phi) is 3.71. The molecule has 23 heavy (non-hydrogen) atoms. The van der Waals surface area contributed by atoms with Gasteiger partial charge in [-0.2, -0.15) is 0 Å². The summed E-state index contributed by atoms with van der Waals surface area (Å²) >= 11 is 1.42. The van der Waals surface area contributed by atoms with Gasteiger partial charge < -0.3 is 9.73 Å². The predicted octanol–water partition coefficient (Wildman–Crippen LogP) is 4.85. The molecule has 3 aromatic rings. The third kappa shape index (κ3) is 3.05. The number of benzene rings is 1. The number of carbonyl (C=O) groups is 1. The van der Waals surface area contributed by atoms with Crippen LogP contribution in [0.1, 0.15) is 19.3 Å². The van der Waals surface area contributed by atoms with E-state index in [4.69, 9.17) is 4.42 Å². The van der Waals surface area contributed by atoms with Gasteiger partial charge in [-0.15, -0.1) is 11.3 Å². The van der Waals surface area contributed by atoms with Gasteiger partial charge in [0.15, 0.2) is 10.9 Å². The fourth-order valence-corrected chi connectivity index (χ4v) is 3.54. The minimum absolute atomic E-state index is 0.0204. The largest absolute Gasteiger partial charge is 0.454 e. The number of para-hydroxylation sites is 1. The molecular weight excluding hydrogens is 308 g/mol. The molecule has 0 saturated heterocycles. The van der Waals surface area contributed by atoms with Gasteiger partial charge in [0, 0.05) is 17.2 Å². The molecule has 1 N–H and O–H groups in total. The molecule has 2 heterocycles. The van der Waals surface area contributed by atoms with E-state index < -0.39 is 0 Å². The molecule has 0 saturated carbocycles. The van der Waals surface area contributed by atoms with Crippen LogP contribution in [0.25, 0.3) is 22.4 Å². The first kappa shape index (κ1) is 14.2. The molecule has 0 aliphatic heterocycles. The van der Waals surface area contributed by atoms with Gasteiger partial charge in [-0.3, -0.25) is 4.79 Å². The van der Waals surface area contributed by atoms with Crippen molar-refractivity contribution in [2.45, 2.75) is 19.3 Å². The predicted molar refractivity (Wildman–Crippen MR) is 92.4 cm³/mol. The zero-order chi connectivity index (χ0) is 15.6. The molecular formula is C18H16N2O2S. The smallest absolute Gasteiger partial charge is 0.226 e. The maximum Gasteiger partial charge on any atom is 0.226 e. The van der Waals surface area contributed by atoms with Crippen molar-refractivity contribution in [3.63, 3.8) is 0 Å². The van der Waals surface area contributed by atoms with Gasteiger partial charge in [0.2, 0.25) is 5.91 Å². The summed E-state index contributed by atoms with van der Waals surface area (Å²) in [6.45, 7) is 0. The van der Waals surface area contributed by atoms with Crippen LogP contribution in [0, 0.1) is 5.92 Å². The highest BCUT2D eigenvalue weighted by Gasteiger charge is 2.16. The Morgan fingerprint density at radius 2 is 2.30 bits per heavy atom. The van der Waals surface area contributed by atoms with Gasteiger partial charge in [-0.05, 0) is 30.9 Å². The Morgan fingerprint density at radius 1 is 1.39 bits per heavy atom. The Bertz CT molecular complexity index is 845. The molecule has 0 bridgehead atoms. The lowest BCUT2D eigenvalue weighted by molar-refractivity contribution is -0.116. The van der Waals surface area contributed by atoms with E-state index in [0.717, 1.165) is 35.3 Å². The first-order valence-electron chi connectivity index (χ1n) is 7.69. The van der Waals surface area contributed by atoms with Crippen LogP contribution < -0.4 is 5.32 Å². The summed E-state index contributed by atoms with van der Waals surface area (Å²) in [4.78, 5) is 16.5. The molecule has 0 fully saturated rings. The van der Waals surface area contributed by atoms with Gasteiger partial charge in [0.05, 0.1) is 0 Å². The molecule has 1 aromatic carbocycles. The Morgan fingerprint density at radius 3 is 3.13 bits per heavy atom. The summed E-state index contributed by atoms with van der Waals surface area (Å²) in [6.07, 6.45) is 6.93. The summed E-state index contributed by atoms with van der Waals surface area (Å²) in [5.74, 6) is 1.11. The third-order valence-electron chi connectivity index (χ3n) is 3.99. The van der Waals surface area contributed by atoms with Crippen LogP contribution >= 0.6 is 11.3 Å². The van der Waals surface area contributed by atoms with Crippen molar-refractivity contribution in [3.05, 3.63) is 47.9 Å². The van der Waals surface area contributed by atoms with Crippen LogP contribution in [0.5, 0.6) is 0 Å². The maximum atomic E-state index is 12.1. The number of nitrogens with one attached hydrogen (secondary N) is 1. The van der Waals surface area contributed by atoms with Crippen molar-refractivity contribution >= 4 is 33.3 Å². The fourth-order valence-electron chi connectivity index (χ4n) is 2.83. The lowest BCUT2D eigenvalue weighted by Crippen LogP contribution is -2.14. The average Bonchev–Trinajstić information content (AvgIpc) is 3.26. The molecule has 1 unspecified atom stereocenters. The molecule has 116 valence electrons. The number of thiazole rings is 1. The third-order valence-corrected chi connectivity index (χ3v) is 4.75. The van der Waals surface area contributed by atoms with E-state index in [9.17, 15) is 4.79 Å². The quantitative estimate of drug-likeness (QED) is 0.698. The zero-order valence-electron chi connectivity index (χ0n) is 12.5. The number of nitrogens with zero attached hydrogens (tertiary/aromatic N) is 1. The zero-order valence-corrected chi connectivity index (χ0v) is 13.3. The van der Waals surface area contributed by atoms with Crippen molar-refractivity contribution in [1.29, 1.82) is 0 Å². The van der Waals surface area contributed by atoms with Crippen LogP contribution in [0.3, 0.4) is 0 Å². The summed E-state index contributed by atoms with van der Waals surface area (Å²) < 4.78 is 5.80. The lowest BCUT2D eigenvalue weighted by Gasteiger charge is -2.06. The highest BCUT2D eigenvalue weighted by atomic mass is 32.1. The molecule has 4 nitrogen and oxygen atoms in total. The van der Waals surface area contributed by atoms with Crippen LogP contribution in [-0.2, 0) is 4.79 Å². The molecule has 2 aromatic heterocycles. The van der Waals surface area contributed by atoms with Crippen molar-refractivity contribution in [3.8, 4) is 11.5 Å². The van der Waals surface area contributed by atoms with E-state index in [1.54, 1.807) is 0 Å². The second-order valence-electron chi connectivity index (χ2n) is 5.70. The van der Waals surface area contributed by atoms with Crippen LogP contribution in [0.2, 0.25) is 0 Å². The number of hydrogen-bond donors (Lipinski definition) is 1. The fraction of sp³-hybridized carbons (Fsp3) is 0.222. The van der Waals surface area contributed by atoms with Gasteiger partial charge in [0.1, 0.15) is 11.3 Å². The number of amides is 1. The van der Waals surface area contributed by atoms with Gasteiger partial charge >= 0.3 is 0 Å². The van der Waals surface area contributed by atoms with Crippen LogP contribution in [0.4, 0.5) is 5.13 Å². The molecule has 0 spiro atoms. The maximum absolute atomic E-state index is 12.1. The minimum Gasteiger partial charge on any atom is -0.454 e. The molecule has 1 aliphatic rings. The Hall–Kier alpha value is -2.40. The summed E-state index contributed by atoms with van der Waals surface area (Å²) in [7, 11) is 0. The molecule has 4 rings (SSSR count). The first-order valence-corrected chi connectivity index (χ1v) is 8.57. The van der Waals surface area contributed by atoms with E-state index in [0.29, 0.717) is 17.5 Å². The molecule has 1 amide bonds. The van der Waals surface area contributed by atoms with E-state index in [1.807, 2.05) is 35.7 Å². The van der Waals surface area contributed by atoms with E-state index in [1.165, 1.54) is 11.3 Å².